The number of amides is 1. The molecule has 0 bridgehead atoms. The standard InChI is InChI=1S/C22H23F3N2O4S2/c1-21(2,3)27-20(28)18(19(33(27,29)30)15-8-5-4-6-9-15)26-12-13-32-17-11-7-10-16(14-17)31-22(23,24)25/h4-11,14,26H,12-13H2,1-3H3. The van der Waals surface area contributed by atoms with Gasteiger partial charge >= 0.3 is 6.36 Å². The zero-order valence-corrected chi connectivity index (χ0v) is 19.8. The van der Waals surface area contributed by atoms with Gasteiger partial charge in [-0.3, -0.25) is 4.79 Å². The molecule has 1 aliphatic heterocycles. The van der Waals surface area contributed by atoms with Gasteiger partial charge in [-0.2, -0.15) is 0 Å². The summed E-state index contributed by atoms with van der Waals surface area (Å²) in [5.41, 5.74) is -0.594. The van der Waals surface area contributed by atoms with Crippen LogP contribution in [0.15, 0.2) is 65.2 Å². The van der Waals surface area contributed by atoms with Crippen LogP contribution in [0.3, 0.4) is 0 Å². The van der Waals surface area contributed by atoms with E-state index in [9.17, 15) is 26.4 Å². The number of ether oxygens (including phenoxy) is 1. The van der Waals surface area contributed by atoms with E-state index in [2.05, 4.69) is 10.1 Å². The Morgan fingerprint density at radius 1 is 1.03 bits per heavy atom. The topological polar surface area (TPSA) is 75.7 Å². The van der Waals surface area contributed by atoms with Crippen LogP contribution in [0.2, 0.25) is 0 Å². The van der Waals surface area contributed by atoms with Gasteiger partial charge in [0.25, 0.3) is 15.9 Å². The molecule has 33 heavy (non-hydrogen) atoms. The van der Waals surface area contributed by atoms with Gasteiger partial charge in [0.05, 0.1) is 5.54 Å². The first kappa shape index (κ1) is 25.0. The second-order valence-electron chi connectivity index (χ2n) is 8.11. The van der Waals surface area contributed by atoms with Gasteiger partial charge in [0.2, 0.25) is 0 Å². The Labute approximate surface area is 194 Å². The van der Waals surface area contributed by atoms with Gasteiger partial charge in [-0.25, -0.2) is 12.7 Å². The van der Waals surface area contributed by atoms with E-state index >= 15 is 0 Å². The normalized spacial score (nSPS) is 16.3. The lowest BCUT2D eigenvalue weighted by molar-refractivity contribution is -0.274. The molecular formula is C22H23F3N2O4S2. The van der Waals surface area contributed by atoms with E-state index in [0.29, 0.717) is 16.2 Å². The number of carbonyl (C=O) groups is 1. The molecule has 0 aliphatic carbocycles. The average molecular weight is 501 g/mol. The van der Waals surface area contributed by atoms with Crippen LogP contribution in [0.4, 0.5) is 13.2 Å². The van der Waals surface area contributed by atoms with E-state index in [-0.39, 0.29) is 22.9 Å². The summed E-state index contributed by atoms with van der Waals surface area (Å²) in [6, 6.07) is 13.9. The fraction of sp³-hybridized carbons (Fsp3) is 0.318. The number of nitrogens with one attached hydrogen (secondary N) is 1. The maximum Gasteiger partial charge on any atom is 0.573 e. The second-order valence-corrected chi connectivity index (χ2v) is 11.0. The highest BCUT2D eigenvalue weighted by Crippen LogP contribution is 2.38. The first-order valence-electron chi connectivity index (χ1n) is 9.92. The summed E-state index contributed by atoms with van der Waals surface area (Å²) >= 11 is 1.24. The Hall–Kier alpha value is -2.66. The number of nitrogens with zero attached hydrogens (tertiary/aromatic N) is 1. The SMILES string of the molecule is CC(C)(C)N1C(=O)C(NCCSc2cccc(OC(F)(F)F)c2)=C(c2ccccc2)S1(=O)=O. The van der Waals surface area contributed by atoms with E-state index in [1.807, 2.05) is 0 Å². The molecule has 0 radical (unpaired) electrons. The van der Waals surface area contributed by atoms with E-state index in [4.69, 9.17) is 0 Å². The van der Waals surface area contributed by atoms with Crippen molar-refractivity contribution < 1.29 is 31.1 Å². The third-order valence-corrected chi connectivity index (χ3v) is 7.63. The highest BCUT2D eigenvalue weighted by Gasteiger charge is 2.49. The summed E-state index contributed by atoms with van der Waals surface area (Å²) in [5.74, 6) is -0.608. The summed E-state index contributed by atoms with van der Waals surface area (Å²) < 4.78 is 68.6. The molecule has 1 N–H and O–H groups in total. The molecular weight excluding hydrogens is 477 g/mol. The summed E-state index contributed by atoms with van der Waals surface area (Å²) in [7, 11) is -4.08. The quantitative estimate of drug-likeness (QED) is 0.442. The minimum Gasteiger partial charge on any atom is -0.406 e. The van der Waals surface area contributed by atoms with E-state index in [1.54, 1.807) is 57.2 Å². The molecule has 0 atom stereocenters. The summed E-state index contributed by atoms with van der Waals surface area (Å²) in [5, 5.41) is 2.94. The molecule has 178 valence electrons. The van der Waals surface area contributed by atoms with Crippen molar-refractivity contribution in [1.29, 1.82) is 0 Å². The highest BCUT2D eigenvalue weighted by molar-refractivity contribution is 7.99. The predicted octanol–water partition coefficient (Wildman–Crippen LogP) is 4.61. The van der Waals surface area contributed by atoms with Crippen molar-refractivity contribution >= 4 is 32.6 Å². The van der Waals surface area contributed by atoms with Crippen LogP contribution in [0.1, 0.15) is 26.3 Å². The Morgan fingerprint density at radius 3 is 2.30 bits per heavy atom. The molecule has 0 aromatic heterocycles. The van der Waals surface area contributed by atoms with Gasteiger partial charge in [0, 0.05) is 17.2 Å². The molecule has 0 unspecified atom stereocenters. The largest absolute Gasteiger partial charge is 0.573 e. The van der Waals surface area contributed by atoms with Crippen molar-refractivity contribution in [3.8, 4) is 5.75 Å². The van der Waals surface area contributed by atoms with Crippen LogP contribution in [0, 0.1) is 0 Å². The van der Waals surface area contributed by atoms with Gasteiger partial charge in [-0.15, -0.1) is 24.9 Å². The van der Waals surface area contributed by atoms with Crippen molar-refractivity contribution in [2.45, 2.75) is 37.6 Å². The van der Waals surface area contributed by atoms with Crippen molar-refractivity contribution in [1.82, 2.24) is 9.62 Å². The van der Waals surface area contributed by atoms with Crippen LogP contribution in [0.25, 0.3) is 4.91 Å². The van der Waals surface area contributed by atoms with E-state index in [1.165, 1.54) is 30.0 Å². The van der Waals surface area contributed by atoms with Gasteiger partial charge in [0.1, 0.15) is 16.4 Å². The molecule has 11 heteroatoms. The maximum absolute atomic E-state index is 13.3. The Bertz CT molecular complexity index is 1160. The Kier molecular flexibility index (Phi) is 7.04. The molecule has 0 saturated carbocycles. The van der Waals surface area contributed by atoms with E-state index < -0.39 is 27.8 Å². The fourth-order valence-electron chi connectivity index (χ4n) is 3.34. The molecule has 2 aromatic carbocycles. The lowest BCUT2D eigenvalue weighted by Gasteiger charge is -2.30. The number of thioether (sulfide) groups is 1. The number of hydrogen-bond donors (Lipinski definition) is 1. The lowest BCUT2D eigenvalue weighted by Crippen LogP contribution is -2.46. The minimum atomic E-state index is -4.78. The zero-order valence-electron chi connectivity index (χ0n) is 18.1. The first-order chi connectivity index (χ1) is 15.3. The third-order valence-electron chi connectivity index (χ3n) is 4.48. The summed E-state index contributed by atoms with van der Waals surface area (Å²) in [6.45, 7) is 5.12. The lowest BCUT2D eigenvalue weighted by atomic mass is 10.1. The van der Waals surface area contributed by atoms with Gasteiger partial charge in [-0.05, 0) is 44.5 Å². The number of benzene rings is 2. The van der Waals surface area contributed by atoms with Crippen molar-refractivity contribution in [2.75, 3.05) is 12.3 Å². The number of sulfonamides is 1. The number of hydrogen-bond acceptors (Lipinski definition) is 6. The number of alkyl halides is 3. The number of carbonyl (C=O) groups excluding carboxylic acids is 1. The molecule has 1 heterocycles. The molecule has 1 aliphatic rings. The molecule has 1 amide bonds. The second kappa shape index (κ2) is 9.30. The summed E-state index contributed by atoms with van der Waals surface area (Å²) in [4.78, 5) is 13.5. The molecule has 0 saturated heterocycles. The van der Waals surface area contributed by atoms with Crippen LogP contribution >= 0.6 is 11.8 Å². The van der Waals surface area contributed by atoms with Crippen molar-refractivity contribution in [3.05, 3.63) is 65.9 Å². The zero-order chi connectivity index (χ0) is 24.4. The van der Waals surface area contributed by atoms with Gasteiger partial charge in [0.15, 0.2) is 0 Å². The molecule has 3 rings (SSSR count). The van der Waals surface area contributed by atoms with Crippen LogP contribution in [-0.4, -0.2) is 42.8 Å². The van der Waals surface area contributed by atoms with Crippen LogP contribution in [-0.2, 0) is 14.8 Å². The summed E-state index contributed by atoms with van der Waals surface area (Å²) in [6.07, 6.45) is -4.78. The Morgan fingerprint density at radius 2 is 1.70 bits per heavy atom. The van der Waals surface area contributed by atoms with Gasteiger partial charge in [-0.1, -0.05) is 36.4 Å². The van der Waals surface area contributed by atoms with Crippen LogP contribution < -0.4 is 10.1 Å². The van der Waals surface area contributed by atoms with E-state index in [0.717, 1.165) is 4.31 Å². The van der Waals surface area contributed by atoms with Gasteiger partial charge < -0.3 is 10.1 Å². The van der Waals surface area contributed by atoms with Crippen molar-refractivity contribution in [2.24, 2.45) is 0 Å². The monoisotopic (exact) mass is 500 g/mol. The van der Waals surface area contributed by atoms with Crippen LogP contribution in [0.5, 0.6) is 5.75 Å². The fourth-order valence-corrected chi connectivity index (χ4v) is 6.22. The maximum atomic E-state index is 13.3. The predicted molar refractivity (Wildman–Crippen MR) is 121 cm³/mol. The number of rotatable bonds is 7. The highest BCUT2D eigenvalue weighted by atomic mass is 32.2. The molecule has 0 spiro atoms. The Balaban J connectivity index is 1.78. The first-order valence-corrected chi connectivity index (χ1v) is 12.4. The molecule has 6 nitrogen and oxygen atoms in total. The smallest absolute Gasteiger partial charge is 0.406 e. The number of halogens is 3. The average Bonchev–Trinajstić information content (AvgIpc) is 2.89. The van der Waals surface area contributed by atoms with Crippen molar-refractivity contribution in [3.63, 3.8) is 0 Å². The third kappa shape index (κ3) is 5.83. The molecule has 0 fully saturated rings. The minimum absolute atomic E-state index is 0.0223. The molecule has 2 aromatic rings.